The molecule has 4 aromatic rings. The molecule has 4 heterocycles. The van der Waals surface area contributed by atoms with E-state index in [0.717, 1.165) is 5.56 Å². The van der Waals surface area contributed by atoms with Crippen molar-refractivity contribution in [1.82, 2.24) is 25.2 Å². The van der Waals surface area contributed by atoms with E-state index in [4.69, 9.17) is 8.94 Å². The molecule has 1 aromatic carbocycles. The fourth-order valence-electron chi connectivity index (χ4n) is 3.69. The van der Waals surface area contributed by atoms with Crippen LogP contribution in [0.4, 0.5) is 4.39 Å². The van der Waals surface area contributed by atoms with E-state index in [9.17, 15) is 9.18 Å². The van der Waals surface area contributed by atoms with Gasteiger partial charge in [-0.15, -0.1) is 0 Å². The number of carbonyl (C=O) groups excluding carboxylic acids is 1. The highest BCUT2D eigenvalue weighted by atomic mass is 19.1. The van der Waals surface area contributed by atoms with E-state index in [1.165, 1.54) is 12.1 Å². The van der Waals surface area contributed by atoms with Gasteiger partial charge < -0.3 is 13.8 Å². The van der Waals surface area contributed by atoms with Gasteiger partial charge in [-0.2, -0.15) is 10.1 Å². The smallest absolute Gasteiger partial charge is 0.275 e. The average Bonchev–Trinajstić information content (AvgIpc) is 3.53. The molecule has 1 amide bonds. The summed E-state index contributed by atoms with van der Waals surface area (Å²) in [4.78, 5) is 18.8. The lowest BCUT2D eigenvalue weighted by Crippen LogP contribution is -2.28. The molecule has 2 atom stereocenters. The van der Waals surface area contributed by atoms with E-state index in [0.29, 0.717) is 41.8 Å². The first-order valence-electron chi connectivity index (χ1n) is 9.56. The van der Waals surface area contributed by atoms with Gasteiger partial charge in [0.25, 0.3) is 5.89 Å². The fourth-order valence-corrected chi connectivity index (χ4v) is 3.69. The van der Waals surface area contributed by atoms with Gasteiger partial charge in [0.05, 0.1) is 12.3 Å². The topological polar surface area (TPSA) is 101 Å². The minimum Gasteiger partial charge on any atom is -0.463 e. The predicted molar refractivity (Wildman–Crippen MR) is 103 cm³/mol. The summed E-state index contributed by atoms with van der Waals surface area (Å²) in [5.41, 5.74) is 2.08. The summed E-state index contributed by atoms with van der Waals surface area (Å²) in [7, 11) is 0. The number of hydrogen-bond acceptors (Lipinski definition) is 6. The Morgan fingerprint density at radius 3 is 2.87 bits per heavy atom. The first-order valence-corrected chi connectivity index (χ1v) is 9.56. The second kappa shape index (κ2) is 7.25. The monoisotopic (exact) mass is 407 g/mol. The first kappa shape index (κ1) is 18.3. The molecular formula is C21H18FN5O3. The average molecular weight is 407 g/mol. The van der Waals surface area contributed by atoms with Gasteiger partial charge in [0, 0.05) is 24.9 Å². The molecule has 0 saturated carbocycles. The Kier molecular flexibility index (Phi) is 4.42. The number of benzene rings is 1. The summed E-state index contributed by atoms with van der Waals surface area (Å²) in [6, 6.07) is 11.4. The molecule has 1 fully saturated rings. The summed E-state index contributed by atoms with van der Waals surface area (Å²) < 4.78 is 23.9. The molecule has 0 aliphatic carbocycles. The standard InChI is InChI=1S/C21H18FN5O3/c1-12(13-4-6-15(22)7-5-13)27-11-14(9-19(27)28)20-23-21(30-26-20)17-10-16(24-25-17)18-3-2-8-29-18/h2-8,10,12,14H,9,11H2,1H3,(H,24,25). The molecule has 0 spiro atoms. The Labute approximate surface area is 170 Å². The molecule has 9 heteroatoms. The summed E-state index contributed by atoms with van der Waals surface area (Å²) in [5, 5.41) is 11.1. The van der Waals surface area contributed by atoms with Crippen LogP contribution < -0.4 is 0 Å². The molecule has 2 unspecified atom stereocenters. The number of H-pyrrole nitrogens is 1. The largest absolute Gasteiger partial charge is 0.463 e. The summed E-state index contributed by atoms with van der Waals surface area (Å²) in [5.74, 6) is 0.929. The lowest BCUT2D eigenvalue weighted by atomic mass is 10.1. The Balaban J connectivity index is 1.32. The lowest BCUT2D eigenvalue weighted by molar-refractivity contribution is -0.129. The highest BCUT2D eigenvalue weighted by Crippen LogP contribution is 2.33. The third kappa shape index (κ3) is 3.28. The van der Waals surface area contributed by atoms with Gasteiger partial charge in [-0.3, -0.25) is 9.89 Å². The van der Waals surface area contributed by atoms with Gasteiger partial charge in [0.2, 0.25) is 5.91 Å². The van der Waals surface area contributed by atoms with Crippen LogP contribution in [0, 0.1) is 5.82 Å². The van der Waals surface area contributed by atoms with E-state index in [-0.39, 0.29) is 23.7 Å². The van der Waals surface area contributed by atoms with Gasteiger partial charge in [-0.25, -0.2) is 4.39 Å². The number of nitrogens with zero attached hydrogens (tertiary/aromatic N) is 4. The van der Waals surface area contributed by atoms with Gasteiger partial charge in [-0.1, -0.05) is 17.3 Å². The van der Waals surface area contributed by atoms with Crippen molar-refractivity contribution in [3.63, 3.8) is 0 Å². The molecule has 5 rings (SSSR count). The van der Waals surface area contributed by atoms with Crippen molar-refractivity contribution in [2.45, 2.75) is 25.3 Å². The van der Waals surface area contributed by atoms with Crippen molar-refractivity contribution in [2.75, 3.05) is 6.54 Å². The van der Waals surface area contributed by atoms with Crippen molar-refractivity contribution in [1.29, 1.82) is 0 Å². The minimum atomic E-state index is -0.301. The number of likely N-dealkylation sites (tertiary alicyclic amines) is 1. The molecular weight excluding hydrogens is 389 g/mol. The summed E-state index contributed by atoms with van der Waals surface area (Å²) in [6.45, 7) is 2.40. The van der Waals surface area contributed by atoms with Gasteiger partial charge in [0.1, 0.15) is 17.2 Å². The van der Waals surface area contributed by atoms with E-state index in [1.807, 2.05) is 6.92 Å². The molecule has 30 heavy (non-hydrogen) atoms. The maximum absolute atomic E-state index is 13.2. The minimum absolute atomic E-state index is 0.00446. The second-order valence-corrected chi connectivity index (χ2v) is 7.28. The zero-order valence-electron chi connectivity index (χ0n) is 16.1. The number of aromatic nitrogens is 4. The third-order valence-electron chi connectivity index (χ3n) is 5.37. The number of carbonyl (C=O) groups is 1. The maximum Gasteiger partial charge on any atom is 0.275 e. The molecule has 3 aromatic heterocycles. The van der Waals surface area contributed by atoms with Crippen molar-refractivity contribution in [3.05, 3.63) is 65.9 Å². The molecule has 1 saturated heterocycles. The van der Waals surface area contributed by atoms with Crippen LogP contribution in [-0.4, -0.2) is 37.7 Å². The third-order valence-corrected chi connectivity index (χ3v) is 5.37. The summed E-state index contributed by atoms with van der Waals surface area (Å²) in [6.07, 6.45) is 1.87. The van der Waals surface area contributed by atoms with Crippen molar-refractivity contribution in [2.24, 2.45) is 0 Å². The molecule has 1 N–H and O–H groups in total. The molecule has 1 aliphatic rings. The highest BCUT2D eigenvalue weighted by Gasteiger charge is 2.36. The van der Waals surface area contributed by atoms with Crippen LogP contribution in [0.25, 0.3) is 23.0 Å². The summed E-state index contributed by atoms with van der Waals surface area (Å²) >= 11 is 0. The van der Waals surface area contributed by atoms with E-state index >= 15 is 0 Å². The number of rotatable bonds is 5. The second-order valence-electron chi connectivity index (χ2n) is 7.28. The lowest BCUT2D eigenvalue weighted by Gasteiger charge is -2.25. The fraction of sp³-hybridized carbons (Fsp3) is 0.238. The van der Waals surface area contributed by atoms with Crippen molar-refractivity contribution >= 4 is 5.91 Å². The van der Waals surface area contributed by atoms with E-state index in [2.05, 4.69) is 20.3 Å². The Bertz CT molecular complexity index is 1170. The van der Waals surface area contributed by atoms with Crippen LogP contribution in [0.3, 0.4) is 0 Å². The van der Waals surface area contributed by atoms with Crippen molar-refractivity contribution in [3.8, 4) is 23.0 Å². The van der Waals surface area contributed by atoms with Crippen LogP contribution in [0.2, 0.25) is 0 Å². The van der Waals surface area contributed by atoms with Crippen molar-refractivity contribution < 1.29 is 18.1 Å². The number of furan rings is 1. The van der Waals surface area contributed by atoms with Crippen LogP contribution in [0.1, 0.15) is 36.7 Å². The van der Waals surface area contributed by atoms with Crippen LogP contribution in [0.15, 0.2) is 57.7 Å². The predicted octanol–water partition coefficient (Wildman–Crippen LogP) is 3.94. The molecule has 152 valence electrons. The van der Waals surface area contributed by atoms with Crippen LogP contribution in [-0.2, 0) is 4.79 Å². The zero-order valence-corrected chi connectivity index (χ0v) is 16.1. The number of amides is 1. The van der Waals surface area contributed by atoms with E-state index < -0.39 is 0 Å². The molecule has 8 nitrogen and oxygen atoms in total. The SMILES string of the molecule is CC(c1ccc(F)cc1)N1CC(c2noc(-c3cc(-c4ccco4)n[nH]3)n2)CC1=O. The Hall–Kier alpha value is -3.75. The molecule has 0 radical (unpaired) electrons. The molecule has 0 bridgehead atoms. The first-order chi connectivity index (χ1) is 14.6. The van der Waals surface area contributed by atoms with Gasteiger partial charge in [0.15, 0.2) is 11.6 Å². The Morgan fingerprint density at radius 1 is 1.27 bits per heavy atom. The van der Waals surface area contributed by atoms with Crippen LogP contribution in [0.5, 0.6) is 0 Å². The number of nitrogens with one attached hydrogen (secondary N) is 1. The quantitative estimate of drug-likeness (QED) is 0.538. The molecule has 1 aliphatic heterocycles. The number of aromatic amines is 1. The highest BCUT2D eigenvalue weighted by molar-refractivity contribution is 5.80. The Morgan fingerprint density at radius 2 is 2.10 bits per heavy atom. The number of hydrogen-bond donors (Lipinski definition) is 1. The zero-order chi connectivity index (χ0) is 20.7. The maximum atomic E-state index is 13.2. The normalized spacial score (nSPS) is 17.6. The van der Waals surface area contributed by atoms with Gasteiger partial charge >= 0.3 is 0 Å². The van der Waals surface area contributed by atoms with E-state index in [1.54, 1.807) is 41.5 Å². The van der Waals surface area contributed by atoms with Crippen LogP contribution >= 0.6 is 0 Å². The number of halogens is 1. The van der Waals surface area contributed by atoms with Gasteiger partial charge in [-0.05, 0) is 36.8 Å².